The Hall–Kier alpha value is -3.26. The molecule has 0 radical (unpaired) electrons. The average molecular weight is 461 g/mol. The van der Waals surface area contributed by atoms with Gasteiger partial charge in [0.05, 0.1) is 0 Å². The van der Waals surface area contributed by atoms with E-state index in [9.17, 15) is 0 Å². The normalized spacial score (nSPS) is 10.1. The van der Waals surface area contributed by atoms with Gasteiger partial charge in [0.2, 0.25) is 0 Å². The molecule has 186 valence electrons. The molecule has 0 aliphatic carbocycles. The Morgan fingerprint density at radius 3 is 1.71 bits per heavy atom. The van der Waals surface area contributed by atoms with Gasteiger partial charge in [0.25, 0.3) is 0 Å². The molecule has 0 saturated heterocycles. The third-order valence-corrected chi connectivity index (χ3v) is 4.67. The highest BCUT2D eigenvalue weighted by molar-refractivity contribution is 6.15. The fraction of sp³-hybridized carbons (Fsp3) is 0.312. The van der Waals surface area contributed by atoms with Crippen LogP contribution < -0.4 is 0 Å². The molecule has 2 heteroatoms. The van der Waals surface area contributed by atoms with Gasteiger partial charge < -0.3 is 9.55 Å². The molecule has 0 aliphatic rings. The number of hydrogen-bond donors (Lipinski definition) is 1. The first kappa shape index (κ1) is 32.9. The fourth-order valence-corrected chi connectivity index (χ4v) is 3.53. The lowest BCUT2D eigenvalue weighted by molar-refractivity contribution is 0.954. The monoisotopic (exact) mass is 460 g/mol. The van der Waals surface area contributed by atoms with E-state index in [1.165, 1.54) is 27.4 Å². The molecule has 2 heterocycles. The number of fused-ring (bicyclic) bond motifs is 3. The van der Waals surface area contributed by atoms with E-state index in [2.05, 4.69) is 72.8 Å². The summed E-state index contributed by atoms with van der Waals surface area (Å²) >= 11 is 0. The van der Waals surface area contributed by atoms with Gasteiger partial charge in [-0.25, -0.2) is 0 Å². The molecular formula is C32H48N2. The van der Waals surface area contributed by atoms with Crippen LogP contribution in [-0.4, -0.2) is 9.55 Å². The summed E-state index contributed by atoms with van der Waals surface area (Å²) < 4.78 is 2.21. The quantitative estimate of drug-likeness (QED) is 0.365. The van der Waals surface area contributed by atoms with Crippen molar-refractivity contribution in [3.63, 3.8) is 0 Å². The first-order chi connectivity index (χ1) is 16.6. The molecule has 0 spiro atoms. The van der Waals surface area contributed by atoms with Crippen molar-refractivity contribution in [3.05, 3.63) is 84.8 Å². The van der Waals surface area contributed by atoms with Gasteiger partial charge in [-0.15, -0.1) is 0 Å². The number of benzene rings is 1. The molecule has 0 atom stereocenters. The zero-order valence-electron chi connectivity index (χ0n) is 23.4. The van der Waals surface area contributed by atoms with E-state index in [0.29, 0.717) is 0 Å². The third-order valence-electron chi connectivity index (χ3n) is 4.67. The molecule has 0 unspecified atom stereocenters. The number of nitrogens with zero attached hydrogens (tertiary/aromatic N) is 1. The van der Waals surface area contributed by atoms with Gasteiger partial charge in [-0.05, 0) is 45.1 Å². The van der Waals surface area contributed by atoms with Crippen LogP contribution in [0.15, 0.2) is 62.2 Å². The maximum atomic E-state index is 4.00. The number of nitrogens with one attached hydrogen (secondary N) is 1. The van der Waals surface area contributed by atoms with Gasteiger partial charge in [-0.1, -0.05) is 104 Å². The summed E-state index contributed by atoms with van der Waals surface area (Å²) in [6, 6.07) is 4.31. The fourth-order valence-electron chi connectivity index (χ4n) is 3.53. The van der Waals surface area contributed by atoms with Gasteiger partial charge in [0, 0.05) is 51.4 Å². The number of hydrogen-bond acceptors (Lipinski definition) is 0. The van der Waals surface area contributed by atoms with Crippen molar-refractivity contribution in [1.82, 2.24) is 9.55 Å². The minimum atomic E-state index is 1.06. The molecule has 34 heavy (non-hydrogen) atoms. The molecule has 2 aromatic heterocycles. The molecule has 1 N–H and O–H groups in total. The first-order valence-electron chi connectivity index (χ1n) is 12.5. The van der Waals surface area contributed by atoms with Crippen molar-refractivity contribution in [2.24, 2.45) is 7.05 Å². The second-order valence-corrected chi connectivity index (χ2v) is 6.36. The highest BCUT2D eigenvalue weighted by Gasteiger charge is 2.17. The van der Waals surface area contributed by atoms with Crippen LogP contribution in [-0.2, 0) is 7.05 Å². The number of allylic oxidation sites excluding steroid dienone is 5. The molecule has 0 aliphatic heterocycles. The van der Waals surface area contributed by atoms with Gasteiger partial charge in [0.15, 0.2) is 0 Å². The van der Waals surface area contributed by atoms with E-state index in [4.69, 9.17) is 0 Å². The van der Waals surface area contributed by atoms with Crippen LogP contribution in [0.4, 0.5) is 0 Å². The molecule has 1 aromatic carbocycles. The van der Waals surface area contributed by atoms with E-state index < -0.39 is 0 Å². The second-order valence-electron chi connectivity index (χ2n) is 6.36. The van der Waals surface area contributed by atoms with Crippen LogP contribution in [0.1, 0.15) is 84.8 Å². The van der Waals surface area contributed by atoms with Crippen LogP contribution in [0.2, 0.25) is 0 Å². The van der Waals surface area contributed by atoms with E-state index in [0.717, 1.165) is 16.9 Å². The van der Waals surface area contributed by atoms with Crippen molar-refractivity contribution < 1.29 is 0 Å². The van der Waals surface area contributed by atoms with Crippen molar-refractivity contribution in [3.8, 4) is 0 Å². The summed E-state index contributed by atoms with van der Waals surface area (Å²) in [6.07, 6.45) is 17.9. The van der Waals surface area contributed by atoms with Crippen LogP contribution in [0.5, 0.6) is 0 Å². The summed E-state index contributed by atoms with van der Waals surface area (Å²) in [5.41, 5.74) is 6.94. The number of aromatic nitrogens is 2. The van der Waals surface area contributed by atoms with Crippen molar-refractivity contribution in [1.29, 1.82) is 0 Å². The summed E-state index contributed by atoms with van der Waals surface area (Å²) in [4.78, 5) is 3.48. The Labute approximate surface area is 209 Å². The molecule has 0 saturated carbocycles. The largest absolute Gasteiger partial charge is 0.355 e. The molecule has 2 nitrogen and oxygen atoms in total. The maximum Gasteiger partial charge on any atom is 0.0496 e. The van der Waals surface area contributed by atoms with Crippen LogP contribution >= 0.6 is 0 Å². The summed E-state index contributed by atoms with van der Waals surface area (Å²) in [5, 5.41) is 2.50. The molecular weight excluding hydrogens is 412 g/mol. The molecule has 0 amide bonds. The van der Waals surface area contributed by atoms with Crippen molar-refractivity contribution in [2.75, 3.05) is 0 Å². The molecule has 3 rings (SSSR count). The number of aromatic amines is 1. The number of aryl methyl sites for hydroxylation is 1. The Balaban J connectivity index is 0. The molecule has 0 bridgehead atoms. The Kier molecular flexibility index (Phi) is 18.6. The van der Waals surface area contributed by atoms with Gasteiger partial charge in [-0.2, -0.15) is 0 Å². The zero-order chi connectivity index (χ0) is 26.7. The smallest absolute Gasteiger partial charge is 0.0496 e. The third kappa shape index (κ3) is 7.66. The molecule has 3 aromatic rings. The van der Waals surface area contributed by atoms with Crippen molar-refractivity contribution >= 4 is 46.1 Å². The van der Waals surface area contributed by atoms with E-state index in [1.54, 1.807) is 6.08 Å². The summed E-state index contributed by atoms with van der Waals surface area (Å²) in [5.74, 6) is 0. The van der Waals surface area contributed by atoms with Gasteiger partial charge in [0.1, 0.15) is 0 Å². The lowest BCUT2D eigenvalue weighted by atomic mass is 10.0. The molecule has 0 fully saturated rings. The highest BCUT2D eigenvalue weighted by atomic mass is 14.9. The predicted octanol–water partition coefficient (Wildman–Crippen LogP) is 10.8. The Morgan fingerprint density at radius 1 is 0.735 bits per heavy atom. The number of H-pyrrole nitrogens is 1. The lowest BCUT2D eigenvalue weighted by Crippen LogP contribution is -1.90. The summed E-state index contributed by atoms with van der Waals surface area (Å²) in [7, 11) is 2.09. The number of rotatable bonds is 5. The predicted molar refractivity (Wildman–Crippen MR) is 163 cm³/mol. The Morgan fingerprint density at radius 2 is 1.29 bits per heavy atom. The topological polar surface area (TPSA) is 20.7 Å². The van der Waals surface area contributed by atoms with Gasteiger partial charge in [-0.3, -0.25) is 0 Å². The van der Waals surface area contributed by atoms with Crippen LogP contribution in [0, 0.1) is 0 Å². The minimum absolute atomic E-state index is 1.06. The lowest BCUT2D eigenvalue weighted by Gasteiger charge is -2.00. The van der Waals surface area contributed by atoms with E-state index in [-0.39, 0.29) is 0 Å². The van der Waals surface area contributed by atoms with Crippen LogP contribution in [0.3, 0.4) is 0 Å². The zero-order valence-corrected chi connectivity index (χ0v) is 23.4. The summed E-state index contributed by atoms with van der Waals surface area (Å²) in [6.45, 7) is 29.5. The maximum absolute atomic E-state index is 4.00. The van der Waals surface area contributed by atoms with Gasteiger partial charge >= 0.3 is 0 Å². The highest BCUT2D eigenvalue weighted by Crippen LogP contribution is 2.37. The standard InChI is InChI=1S/C21H22N2.C5H8.3C2H6/c1-6-10-14-16(8-3)22-17-12-13-19-21(20(14)17)15(11-7-2)18(9-4)23(19)5;1-3-5-4-2;3*1-2/h6-13,22H,3-4H2,1-2,5H3;3-5H,1H2,2H3;3*1-2H3/b10-6-,11-7-;5-4-;;;. The SMILES string of the molecule is C=C/C=C\C.C=Cc1[nH]c2ccc3c(c(/C=C\C)c(C=C)n3C)c2c1/C=C\C.CC.CC.CC. The van der Waals surface area contributed by atoms with Crippen LogP contribution in [0.25, 0.3) is 46.1 Å². The Bertz CT molecular complexity index is 1100. The first-order valence-corrected chi connectivity index (χ1v) is 12.5. The second kappa shape index (κ2) is 19.2. The van der Waals surface area contributed by atoms with E-state index >= 15 is 0 Å². The minimum Gasteiger partial charge on any atom is -0.355 e. The van der Waals surface area contributed by atoms with E-state index in [1.807, 2.05) is 86.6 Å². The van der Waals surface area contributed by atoms with Crippen molar-refractivity contribution in [2.45, 2.75) is 62.3 Å². The average Bonchev–Trinajstić information content (AvgIpc) is 3.38.